The van der Waals surface area contributed by atoms with Crippen LogP contribution in [0.3, 0.4) is 0 Å². The van der Waals surface area contributed by atoms with Crippen molar-refractivity contribution in [3.8, 4) is 0 Å². The number of carbonyl (C=O) groups excluding carboxylic acids is 1. The molecule has 0 aliphatic heterocycles. The molecule has 5 heteroatoms. The number of esters is 1. The SMILES string of the molecule is Cc1nn2cccnc2c1C(=O)OC(Cc1ccccc1)C(C)(C)C. The largest absolute Gasteiger partial charge is 0.458 e. The molecular formula is C20H23N3O2. The van der Waals surface area contributed by atoms with E-state index in [2.05, 4.69) is 43.0 Å². The molecular weight excluding hydrogens is 314 g/mol. The molecule has 3 aromatic rings. The van der Waals surface area contributed by atoms with E-state index in [0.717, 1.165) is 5.56 Å². The minimum atomic E-state index is -0.373. The Morgan fingerprint density at radius 1 is 1.20 bits per heavy atom. The van der Waals surface area contributed by atoms with Gasteiger partial charge in [-0.25, -0.2) is 14.3 Å². The van der Waals surface area contributed by atoms with E-state index in [9.17, 15) is 4.79 Å². The average Bonchev–Trinajstić information content (AvgIpc) is 2.90. The zero-order valence-electron chi connectivity index (χ0n) is 15.1. The highest BCUT2D eigenvalue weighted by atomic mass is 16.5. The maximum absolute atomic E-state index is 12.9. The first kappa shape index (κ1) is 17.1. The van der Waals surface area contributed by atoms with Crippen LogP contribution in [0, 0.1) is 12.3 Å². The van der Waals surface area contributed by atoms with E-state index in [1.54, 1.807) is 29.9 Å². The van der Waals surface area contributed by atoms with E-state index in [4.69, 9.17) is 4.74 Å². The molecule has 0 saturated heterocycles. The molecule has 0 spiro atoms. The third kappa shape index (κ3) is 3.71. The van der Waals surface area contributed by atoms with Crippen molar-refractivity contribution >= 4 is 11.6 Å². The molecule has 0 bridgehead atoms. The smallest absolute Gasteiger partial charge is 0.344 e. The molecule has 1 aromatic carbocycles. The lowest BCUT2D eigenvalue weighted by atomic mass is 9.85. The molecule has 2 heterocycles. The van der Waals surface area contributed by atoms with Crippen molar-refractivity contribution in [1.29, 1.82) is 0 Å². The van der Waals surface area contributed by atoms with Gasteiger partial charge in [0.1, 0.15) is 11.7 Å². The molecule has 3 rings (SSSR count). The number of ether oxygens (including phenoxy) is 1. The number of carbonyl (C=O) groups is 1. The van der Waals surface area contributed by atoms with Gasteiger partial charge in [0.2, 0.25) is 0 Å². The lowest BCUT2D eigenvalue weighted by Crippen LogP contribution is -2.33. The zero-order chi connectivity index (χ0) is 18.0. The summed E-state index contributed by atoms with van der Waals surface area (Å²) in [5, 5.41) is 4.34. The third-order valence-corrected chi connectivity index (χ3v) is 4.25. The van der Waals surface area contributed by atoms with Crippen LogP contribution in [0.1, 0.15) is 42.4 Å². The highest BCUT2D eigenvalue weighted by Gasteiger charge is 2.31. The van der Waals surface area contributed by atoms with Crippen molar-refractivity contribution in [1.82, 2.24) is 14.6 Å². The fraction of sp³-hybridized carbons (Fsp3) is 0.350. The van der Waals surface area contributed by atoms with Gasteiger partial charge in [-0.2, -0.15) is 5.10 Å². The number of rotatable bonds is 4. The first-order valence-electron chi connectivity index (χ1n) is 8.41. The third-order valence-electron chi connectivity index (χ3n) is 4.25. The van der Waals surface area contributed by atoms with Crippen LogP contribution in [0.15, 0.2) is 48.8 Å². The van der Waals surface area contributed by atoms with Crippen LogP contribution in [-0.4, -0.2) is 26.7 Å². The molecule has 25 heavy (non-hydrogen) atoms. The molecule has 5 nitrogen and oxygen atoms in total. The Labute approximate surface area is 147 Å². The summed E-state index contributed by atoms with van der Waals surface area (Å²) in [5.74, 6) is -0.373. The van der Waals surface area contributed by atoms with Crippen molar-refractivity contribution in [2.45, 2.75) is 40.2 Å². The fourth-order valence-electron chi connectivity index (χ4n) is 2.78. The monoisotopic (exact) mass is 337 g/mol. The number of aromatic nitrogens is 3. The maximum Gasteiger partial charge on any atom is 0.344 e. The molecule has 130 valence electrons. The van der Waals surface area contributed by atoms with Crippen molar-refractivity contribution < 1.29 is 9.53 Å². The molecule has 1 atom stereocenters. The zero-order valence-corrected chi connectivity index (χ0v) is 15.1. The minimum absolute atomic E-state index is 0.185. The second-order valence-corrected chi connectivity index (χ2v) is 7.30. The Morgan fingerprint density at radius 2 is 1.92 bits per heavy atom. The molecule has 1 unspecified atom stereocenters. The Morgan fingerprint density at radius 3 is 2.60 bits per heavy atom. The molecule has 0 fully saturated rings. The molecule has 0 aliphatic carbocycles. The molecule has 0 aliphatic rings. The van der Waals surface area contributed by atoms with Gasteiger partial charge >= 0.3 is 5.97 Å². The van der Waals surface area contributed by atoms with E-state index in [1.807, 2.05) is 18.2 Å². The summed E-state index contributed by atoms with van der Waals surface area (Å²) < 4.78 is 7.53. The normalized spacial score (nSPS) is 13.0. The van der Waals surface area contributed by atoms with Gasteiger partial charge in [0.15, 0.2) is 5.65 Å². The summed E-state index contributed by atoms with van der Waals surface area (Å²) in [6, 6.07) is 11.9. The lowest BCUT2D eigenvalue weighted by molar-refractivity contribution is -0.00229. The van der Waals surface area contributed by atoms with E-state index >= 15 is 0 Å². The van der Waals surface area contributed by atoms with Gasteiger partial charge in [-0.1, -0.05) is 51.1 Å². The first-order valence-corrected chi connectivity index (χ1v) is 8.41. The van der Waals surface area contributed by atoms with Gasteiger partial charge in [-0.3, -0.25) is 0 Å². The summed E-state index contributed by atoms with van der Waals surface area (Å²) in [7, 11) is 0. The number of aryl methyl sites for hydroxylation is 1. The number of benzene rings is 1. The number of nitrogens with zero attached hydrogens (tertiary/aromatic N) is 3. The lowest BCUT2D eigenvalue weighted by Gasteiger charge is -2.30. The summed E-state index contributed by atoms with van der Waals surface area (Å²) in [5.41, 5.74) is 2.54. The standard InChI is InChI=1S/C20H23N3O2/c1-14-17(18-21-11-8-12-23(18)22-14)19(24)25-16(20(2,3)4)13-15-9-6-5-7-10-15/h5-12,16H,13H2,1-4H3. The predicted octanol–water partition coefficient (Wildman–Crippen LogP) is 3.85. The van der Waals surface area contributed by atoms with Gasteiger partial charge in [0, 0.05) is 18.8 Å². The van der Waals surface area contributed by atoms with E-state index in [0.29, 0.717) is 23.3 Å². The van der Waals surface area contributed by atoms with Gasteiger partial charge in [-0.15, -0.1) is 0 Å². The van der Waals surface area contributed by atoms with Gasteiger partial charge in [0.25, 0.3) is 0 Å². The van der Waals surface area contributed by atoms with Crippen molar-refractivity contribution in [2.24, 2.45) is 5.41 Å². The Kier molecular flexibility index (Phi) is 4.57. The molecule has 0 amide bonds. The first-order chi connectivity index (χ1) is 11.9. The second kappa shape index (κ2) is 6.67. The number of hydrogen-bond acceptors (Lipinski definition) is 4. The molecule has 0 saturated carbocycles. The van der Waals surface area contributed by atoms with Crippen LogP contribution < -0.4 is 0 Å². The van der Waals surface area contributed by atoms with Crippen LogP contribution in [0.5, 0.6) is 0 Å². The van der Waals surface area contributed by atoms with Crippen molar-refractivity contribution in [3.63, 3.8) is 0 Å². The van der Waals surface area contributed by atoms with E-state index in [1.165, 1.54) is 0 Å². The number of fused-ring (bicyclic) bond motifs is 1. The topological polar surface area (TPSA) is 56.5 Å². The summed E-state index contributed by atoms with van der Waals surface area (Å²) in [6.07, 6.45) is 3.85. The minimum Gasteiger partial charge on any atom is -0.458 e. The molecule has 2 aromatic heterocycles. The Bertz CT molecular complexity index is 879. The number of hydrogen-bond donors (Lipinski definition) is 0. The quantitative estimate of drug-likeness (QED) is 0.679. The summed E-state index contributed by atoms with van der Waals surface area (Å²) in [4.78, 5) is 17.1. The summed E-state index contributed by atoms with van der Waals surface area (Å²) in [6.45, 7) is 8.04. The maximum atomic E-state index is 12.9. The van der Waals surface area contributed by atoms with Crippen molar-refractivity contribution in [3.05, 3.63) is 65.6 Å². The van der Waals surface area contributed by atoms with Crippen LogP contribution in [-0.2, 0) is 11.2 Å². The van der Waals surface area contributed by atoms with Gasteiger partial charge < -0.3 is 4.74 Å². The van der Waals surface area contributed by atoms with Gasteiger partial charge in [-0.05, 0) is 24.0 Å². The van der Waals surface area contributed by atoms with Crippen LogP contribution in [0.25, 0.3) is 5.65 Å². The van der Waals surface area contributed by atoms with Crippen LogP contribution >= 0.6 is 0 Å². The van der Waals surface area contributed by atoms with Crippen molar-refractivity contribution in [2.75, 3.05) is 0 Å². The van der Waals surface area contributed by atoms with E-state index in [-0.39, 0.29) is 17.5 Å². The molecule has 0 N–H and O–H groups in total. The highest BCUT2D eigenvalue weighted by molar-refractivity contribution is 5.97. The second-order valence-electron chi connectivity index (χ2n) is 7.30. The highest BCUT2D eigenvalue weighted by Crippen LogP contribution is 2.27. The van der Waals surface area contributed by atoms with Gasteiger partial charge in [0.05, 0.1) is 5.69 Å². The molecule has 0 radical (unpaired) electrons. The Hall–Kier alpha value is -2.69. The van der Waals surface area contributed by atoms with Crippen LogP contribution in [0.4, 0.5) is 0 Å². The average molecular weight is 337 g/mol. The summed E-state index contributed by atoms with van der Waals surface area (Å²) >= 11 is 0. The fourth-order valence-corrected chi connectivity index (χ4v) is 2.78. The predicted molar refractivity (Wildman–Crippen MR) is 96.5 cm³/mol. The van der Waals surface area contributed by atoms with E-state index < -0.39 is 0 Å². The Balaban J connectivity index is 1.88. The van der Waals surface area contributed by atoms with Crippen LogP contribution in [0.2, 0.25) is 0 Å².